The predicted molar refractivity (Wildman–Crippen MR) is 73.9 cm³/mol. The molecule has 1 aliphatic rings. The number of aromatic nitrogens is 1. The van der Waals surface area contributed by atoms with E-state index in [4.69, 9.17) is 4.74 Å². The van der Waals surface area contributed by atoms with Crippen molar-refractivity contribution in [3.8, 4) is 0 Å². The molecular weight excluding hydrogens is 224 g/mol. The SMILES string of the molecule is CC(CN1CCOCC1)n1ccc2ccccc21. The zero-order valence-electron chi connectivity index (χ0n) is 10.9. The lowest BCUT2D eigenvalue weighted by Gasteiger charge is -2.29. The summed E-state index contributed by atoms with van der Waals surface area (Å²) in [6, 6.07) is 11.3. The van der Waals surface area contributed by atoms with Crippen LogP contribution >= 0.6 is 0 Å². The summed E-state index contributed by atoms with van der Waals surface area (Å²) in [5, 5.41) is 1.33. The molecule has 3 heteroatoms. The first-order chi connectivity index (χ1) is 8.84. The summed E-state index contributed by atoms with van der Waals surface area (Å²) in [7, 11) is 0. The summed E-state index contributed by atoms with van der Waals surface area (Å²) in [6.45, 7) is 7.26. The Bertz CT molecular complexity index is 514. The number of nitrogens with zero attached hydrogens (tertiary/aromatic N) is 2. The van der Waals surface area contributed by atoms with E-state index in [0.29, 0.717) is 6.04 Å². The van der Waals surface area contributed by atoms with E-state index in [9.17, 15) is 0 Å². The largest absolute Gasteiger partial charge is 0.379 e. The van der Waals surface area contributed by atoms with Crippen molar-refractivity contribution < 1.29 is 4.74 Å². The van der Waals surface area contributed by atoms with Gasteiger partial charge in [0.2, 0.25) is 0 Å². The number of ether oxygens (including phenoxy) is 1. The van der Waals surface area contributed by atoms with Gasteiger partial charge in [0.25, 0.3) is 0 Å². The highest BCUT2D eigenvalue weighted by molar-refractivity contribution is 5.80. The monoisotopic (exact) mass is 244 g/mol. The van der Waals surface area contributed by atoms with Crippen molar-refractivity contribution in [2.24, 2.45) is 0 Å². The van der Waals surface area contributed by atoms with Gasteiger partial charge in [0.1, 0.15) is 0 Å². The fourth-order valence-electron chi connectivity index (χ4n) is 2.73. The summed E-state index contributed by atoms with van der Waals surface area (Å²) in [5.74, 6) is 0. The minimum absolute atomic E-state index is 0.503. The molecule has 2 aromatic rings. The molecule has 1 unspecified atom stereocenters. The Kier molecular flexibility index (Phi) is 3.35. The number of morpholine rings is 1. The molecule has 0 radical (unpaired) electrons. The van der Waals surface area contributed by atoms with Crippen LogP contribution in [0, 0.1) is 0 Å². The lowest BCUT2D eigenvalue weighted by molar-refractivity contribution is 0.0328. The van der Waals surface area contributed by atoms with E-state index in [-0.39, 0.29) is 0 Å². The summed E-state index contributed by atoms with van der Waals surface area (Å²) in [6.07, 6.45) is 2.20. The van der Waals surface area contributed by atoms with Gasteiger partial charge < -0.3 is 9.30 Å². The summed E-state index contributed by atoms with van der Waals surface area (Å²) >= 11 is 0. The highest BCUT2D eigenvalue weighted by Gasteiger charge is 2.15. The molecule has 0 bridgehead atoms. The molecule has 0 N–H and O–H groups in total. The van der Waals surface area contributed by atoms with Crippen LogP contribution in [0.2, 0.25) is 0 Å². The number of hydrogen-bond donors (Lipinski definition) is 0. The van der Waals surface area contributed by atoms with Crippen LogP contribution in [-0.4, -0.2) is 42.3 Å². The van der Waals surface area contributed by atoms with Crippen molar-refractivity contribution in [3.63, 3.8) is 0 Å². The van der Waals surface area contributed by atoms with Gasteiger partial charge in [-0.15, -0.1) is 0 Å². The Morgan fingerprint density at radius 1 is 1.17 bits per heavy atom. The maximum Gasteiger partial charge on any atom is 0.0594 e. The van der Waals surface area contributed by atoms with Gasteiger partial charge in [-0.25, -0.2) is 0 Å². The summed E-state index contributed by atoms with van der Waals surface area (Å²) < 4.78 is 7.77. The van der Waals surface area contributed by atoms with Crippen LogP contribution in [0.4, 0.5) is 0 Å². The van der Waals surface area contributed by atoms with Crippen molar-refractivity contribution in [1.29, 1.82) is 0 Å². The highest BCUT2D eigenvalue weighted by Crippen LogP contribution is 2.20. The van der Waals surface area contributed by atoms with Crippen molar-refractivity contribution in [1.82, 2.24) is 9.47 Å². The van der Waals surface area contributed by atoms with Gasteiger partial charge in [0, 0.05) is 37.4 Å². The van der Waals surface area contributed by atoms with Crippen LogP contribution in [0.1, 0.15) is 13.0 Å². The lowest BCUT2D eigenvalue weighted by atomic mass is 10.2. The Hall–Kier alpha value is -1.32. The van der Waals surface area contributed by atoms with E-state index in [1.54, 1.807) is 0 Å². The average Bonchev–Trinajstić information content (AvgIpc) is 2.84. The van der Waals surface area contributed by atoms with Crippen molar-refractivity contribution in [3.05, 3.63) is 36.5 Å². The Labute approximate surface area is 108 Å². The molecule has 0 spiro atoms. The normalized spacial score (nSPS) is 19.2. The fourth-order valence-corrected chi connectivity index (χ4v) is 2.73. The zero-order chi connectivity index (χ0) is 12.4. The molecule has 1 atom stereocenters. The van der Waals surface area contributed by atoms with Crippen LogP contribution < -0.4 is 0 Å². The van der Waals surface area contributed by atoms with Gasteiger partial charge in [-0.1, -0.05) is 18.2 Å². The molecule has 3 rings (SSSR count). The third-order valence-electron chi connectivity index (χ3n) is 3.73. The number of hydrogen-bond acceptors (Lipinski definition) is 2. The summed E-state index contributed by atoms with van der Waals surface area (Å²) in [5.41, 5.74) is 1.33. The first-order valence-electron chi connectivity index (χ1n) is 6.70. The highest BCUT2D eigenvalue weighted by atomic mass is 16.5. The molecule has 0 aliphatic carbocycles. The number of benzene rings is 1. The molecular formula is C15H20N2O. The Morgan fingerprint density at radius 3 is 2.78 bits per heavy atom. The van der Waals surface area contributed by atoms with E-state index in [1.165, 1.54) is 10.9 Å². The Morgan fingerprint density at radius 2 is 1.94 bits per heavy atom. The van der Waals surface area contributed by atoms with Crippen molar-refractivity contribution >= 4 is 10.9 Å². The maximum absolute atomic E-state index is 5.39. The van der Waals surface area contributed by atoms with Crippen LogP contribution in [0.5, 0.6) is 0 Å². The zero-order valence-corrected chi connectivity index (χ0v) is 10.9. The topological polar surface area (TPSA) is 17.4 Å². The first kappa shape index (κ1) is 11.8. The molecule has 1 aromatic heterocycles. The molecule has 1 saturated heterocycles. The number of rotatable bonds is 3. The van der Waals surface area contributed by atoms with Gasteiger partial charge in [-0.05, 0) is 24.4 Å². The Balaban J connectivity index is 1.76. The van der Waals surface area contributed by atoms with Gasteiger partial charge in [0.05, 0.1) is 13.2 Å². The third-order valence-corrected chi connectivity index (χ3v) is 3.73. The third kappa shape index (κ3) is 2.28. The number of para-hydroxylation sites is 1. The molecule has 96 valence electrons. The van der Waals surface area contributed by atoms with Crippen molar-refractivity contribution in [2.75, 3.05) is 32.8 Å². The fraction of sp³-hybridized carbons (Fsp3) is 0.467. The van der Waals surface area contributed by atoms with E-state index < -0.39 is 0 Å². The first-order valence-corrected chi connectivity index (χ1v) is 6.70. The molecule has 3 nitrogen and oxygen atoms in total. The van der Waals surface area contributed by atoms with E-state index in [0.717, 1.165) is 32.8 Å². The van der Waals surface area contributed by atoms with Gasteiger partial charge in [0.15, 0.2) is 0 Å². The molecule has 0 amide bonds. The van der Waals surface area contributed by atoms with E-state index in [2.05, 4.69) is 52.9 Å². The molecule has 1 aromatic carbocycles. The van der Waals surface area contributed by atoms with Crippen LogP contribution in [-0.2, 0) is 4.74 Å². The quantitative estimate of drug-likeness (QED) is 0.825. The second-order valence-corrected chi connectivity index (χ2v) is 5.04. The average molecular weight is 244 g/mol. The molecule has 1 aliphatic heterocycles. The van der Waals surface area contributed by atoms with Gasteiger partial charge in [-0.2, -0.15) is 0 Å². The van der Waals surface area contributed by atoms with Gasteiger partial charge in [-0.3, -0.25) is 4.90 Å². The smallest absolute Gasteiger partial charge is 0.0594 e. The summed E-state index contributed by atoms with van der Waals surface area (Å²) in [4.78, 5) is 2.49. The maximum atomic E-state index is 5.39. The van der Waals surface area contributed by atoms with Crippen LogP contribution in [0.3, 0.4) is 0 Å². The molecule has 1 fully saturated rings. The van der Waals surface area contributed by atoms with Gasteiger partial charge >= 0.3 is 0 Å². The minimum atomic E-state index is 0.503. The minimum Gasteiger partial charge on any atom is -0.379 e. The van der Waals surface area contributed by atoms with Crippen molar-refractivity contribution in [2.45, 2.75) is 13.0 Å². The molecule has 18 heavy (non-hydrogen) atoms. The standard InChI is InChI=1S/C15H20N2O/c1-13(12-16-8-10-18-11-9-16)17-7-6-14-4-2-3-5-15(14)17/h2-7,13H,8-12H2,1H3. The van der Waals surface area contributed by atoms with Crippen LogP contribution in [0.15, 0.2) is 36.5 Å². The lowest BCUT2D eigenvalue weighted by Crippen LogP contribution is -2.39. The molecule has 2 heterocycles. The van der Waals surface area contributed by atoms with E-state index in [1.807, 2.05) is 0 Å². The van der Waals surface area contributed by atoms with Crippen LogP contribution in [0.25, 0.3) is 10.9 Å². The number of fused-ring (bicyclic) bond motifs is 1. The second-order valence-electron chi connectivity index (χ2n) is 5.04. The van der Waals surface area contributed by atoms with E-state index >= 15 is 0 Å². The molecule has 0 saturated carbocycles. The second kappa shape index (κ2) is 5.12. The predicted octanol–water partition coefficient (Wildman–Crippen LogP) is 2.53.